The van der Waals surface area contributed by atoms with Gasteiger partial charge in [-0.25, -0.2) is 4.31 Å². The first-order valence-corrected chi connectivity index (χ1v) is 4.26. The number of ether oxygens (including phenoxy) is 1. The standard InChI is InChI=1S/C6H9NO3S/c1-2-11-7-5(8)3-10-4-6(7)9/h2-4H2,1H3. The predicted molar refractivity (Wildman–Crippen MR) is 40.8 cm³/mol. The van der Waals surface area contributed by atoms with Gasteiger partial charge < -0.3 is 4.74 Å². The summed E-state index contributed by atoms with van der Waals surface area (Å²) in [6, 6.07) is 0. The summed E-state index contributed by atoms with van der Waals surface area (Å²) in [6.07, 6.45) is 0. The maximum Gasteiger partial charge on any atom is 0.265 e. The molecule has 0 unspecified atom stereocenters. The van der Waals surface area contributed by atoms with Crippen molar-refractivity contribution >= 4 is 23.8 Å². The fraction of sp³-hybridized carbons (Fsp3) is 0.667. The highest BCUT2D eigenvalue weighted by molar-refractivity contribution is 7.98. The van der Waals surface area contributed by atoms with Crippen LogP contribution in [-0.2, 0) is 14.3 Å². The van der Waals surface area contributed by atoms with Gasteiger partial charge in [0.15, 0.2) is 0 Å². The molecule has 1 aliphatic heterocycles. The zero-order valence-electron chi connectivity index (χ0n) is 6.20. The maximum atomic E-state index is 11.0. The fourth-order valence-electron chi connectivity index (χ4n) is 0.755. The molecule has 0 aromatic rings. The minimum Gasteiger partial charge on any atom is -0.362 e. The van der Waals surface area contributed by atoms with Crippen molar-refractivity contribution in [2.45, 2.75) is 6.92 Å². The maximum absolute atomic E-state index is 11.0. The molecule has 0 aliphatic carbocycles. The van der Waals surface area contributed by atoms with Crippen LogP contribution >= 0.6 is 11.9 Å². The fourth-order valence-corrected chi connectivity index (χ4v) is 1.41. The van der Waals surface area contributed by atoms with Gasteiger partial charge in [0.25, 0.3) is 11.8 Å². The molecule has 11 heavy (non-hydrogen) atoms. The van der Waals surface area contributed by atoms with Crippen molar-refractivity contribution in [3.8, 4) is 0 Å². The van der Waals surface area contributed by atoms with E-state index in [1.807, 2.05) is 6.92 Å². The van der Waals surface area contributed by atoms with E-state index in [4.69, 9.17) is 4.74 Å². The van der Waals surface area contributed by atoms with Crippen LogP contribution < -0.4 is 0 Å². The Morgan fingerprint density at radius 3 is 2.45 bits per heavy atom. The Balaban J connectivity index is 2.55. The molecule has 0 bridgehead atoms. The van der Waals surface area contributed by atoms with Crippen LogP contribution in [0, 0.1) is 0 Å². The molecule has 0 spiro atoms. The molecule has 1 fully saturated rings. The Kier molecular flexibility index (Phi) is 2.90. The average molecular weight is 175 g/mol. The topological polar surface area (TPSA) is 46.6 Å². The van der Waals surface area contributed by atoms with Crippen molar-refractivity contribution in [3.63, 3.8) is 0 Å². The second kappa shape index (κ2) is 3.73. The van der Waals surface area contributed by atoms with Crippen molar-refractivity contribution in [2.24, 2.45) is 0 Å². The number of carbonyl (C=O) groups is 2. The van der Waals surface area contributed by atoms with E-state index < -0.39 is 0 Å². The van der Waals surface area contributed by atoms with Gasteiger partial charge in [-0.05, 0) is 11.9 Å². The van der Waals surface area contributed by atoms with E-state index in [0.717, 1.165) is 5.75 Å². The Labute approximate surface area is 69.0 Å². The van der Waals surface area contributed by atoms with Gasteiger partial charge in [-0.2, -0.15) is 0 Å². The minimum absolute atomic E-state index is 0.0265. The highest BCUT2D eigenvalue weighted by Gasteiger charge is 2.26. The van der Waals surface area contributed by atoms with E-state index in [2.05, 4.69) is 0 Å². The lowest BCUT2D eigenvalue weighted by Gasteiger charge is -2.22. The third kappa shape index (κ3) is 1.94. The zero-order valence-corrected chi connectivity index (χ0v) is 7.02. The quantitative estimate of drug-likeness (QED) is 0.439. The normalized spacial score (nSPS) is 19.2. The van der Waals surface area contributed by atoms with Crippen LogP contribution in [0.3, 0.4) is 0 Å². The van der Waals surface area contributed by atoms with E-state index in [0.29, 0.717) is 0 Å². The molecule has 5 heteroatoms. The summed E-state index contributed by atoms with van der Waals surface area (Å²) < 4.78 is 5.89. The van der Waals surface area contributed by atoms with Crippen LogP contribution in [0.4, 0.5) is 0 Å². The van der Waals surface area contributed by atoms with Crippen LogP contribution in [0.15, 0.2) is 0 Å². The van der Waals surface area contributed by atoms with Crippen molar-refractivity contribution in [2.75, 3.05) is 19.0 Å². The number of hydrogen-bond acceptors (Lipinski definition) is 4. The van der Waals surface area contributed by atoms with E-state index in [1.54, 1.807) is 0 Å². The number of amides is 2. The molecule has 1 rings (SSSR count). The lowest BCUT2D eigenvalue weighted by Crippen LogP contribution is -2.41. The van der Waals surface area contributed by atoms with Gasteiger partial charge in [-0.3, -0.25) is 9.59 Å². The van der Waals surface area contributed by atoms with E-state index in [1.165, 1.54) is 16.3 Å². The van der Waals surface area contributed by atoms with Crippen molar-refractivity contribution in [3.05, 3.63) is 0 Å². The molecule has 0 N–H and O–H groups in total. The van der Waals surface area contributed by atoms with Gasteiger partial charge in [-0.1, -0.05) is 6.92 Å². The van der Waals surface area contributed by atoms with Gasteiger partial charge in [-0.15, -0.1) is 0 Å². The lowest BCUT2D eigenvalue weighted by atomic mass is 10.5. The van der Waals surface area contributed by atoms with Crippen LogP contribution in [0.2, 0.25) is 0 Å². The molecular formula is C6H9NO3S. The molecule has 1 saturated heterocycles. The van der Waals surface area contributed by atoms with Gasteiger partial charge in [0.05, 0.1) is 0 Å². The summed E-state index contributed by atoms with van der Waals surface area (Å²) in [6.45, 7) is 1.94. The number of carbonyl (C=O) groups excluding carboxylic acids is 2. The Bertz CT molecular complexity index is 167. The summed E-state index contributed by atoms with van der Waals surface area (Å²) in [5.41, 5.74) is 0. The number of rotatable bonds is 2. The SMILES string of the molecule is CCSN1C(=O)COCC1=O. The number of nitrogens with zero attached hydrogens (tertiary/aromatic N) is 1. The average Bonchev–Trinajstić information content (AvgIpc) is 1.97. The van der Waals surface area contributed by atoms with Gasteiger partial charge >= 0.3 is 0 Å². The van der Waals surface area contributed by atoms with Crippen LogP contribution in [-0.4, -0.2) is 35.1 Å². The smallest absolute Gasteiger partial charge is 0.265 e. The minimum atomic E-state index is -0.256. The second-order valence-electron chi connectivity index (χ2n) is 1.99. The van der Waals surface area contributed by atoms with Gasteiger partial charge in [0.2, 0.25) is 0 Å². The molecule has 1 aliphatic rings. The van der Waals surface area contributed by atoms with Gasteiger partial charge in [0.1, 0.15) is 13.2 Å². The second-order valence-corrected chi connectivity index (χ2v) is 3.19. The Morgan fingerprint density at radius 2 is 2.00 bits per heavy atom. The molecule has 4 nitrogen and oxygen atoms in total. The molecule has 0 aromatic carbocycles. The first kappa shape index (κ1) is 8.55. The summed E-state index contributed by atoms with van der Waals surface area (Å²) in [7, 11) is 0. The van der Waals surface area contributed by atoms with Crippen molar-refractivity contribution < 1.29 is 14.3 Å². The Hall–Kier alpha value is -0.550. The largest absolute Gasteiger partial charge is 0.362 e. The number of imide groups is 1. The van der Waals surface area contributed by atoms with Crippen LogP contribution in [0.1, 0.15) is 6.92 Å². The monoisotopic (exact) mass is 175 g/mol. The zero-order chi connectivity index (χ0) is 8.27. The number of hydrogen-bond donors (Lipinski definition) is 0. The molecule has 0 radical (unpaired) electrons. The molecule has 0 atom stereocenters. The molecule has 1 heterocycles. The third-order valence-corrected chi connectivity index (χ3v) is 2.09. The van der Waals surface area contributed by atoms with E-state index in [-0.39, 0.29) is 25.0 Å². The molecule has 2 amide bonds. The first-order valence-electron chi connectivity index (χ1n) is 3.32. The summed E-state index contributed by atoms with van der Waals surface area (Å²) in [5.74, 6) is 0.207. The molecule has 0 saturated carbocycles. The number of morpholine rings is 1. The summed E-state index contributed by atoms with van der Waals surface area (Å²) >= 11 is 1.22. The highest BCUT2D eigenvalue weighted by atomic mass is 32.2. The summed E-state index contributed by atoms with van der Waals surface area (Å²) in [4.78, 5) is 21.9. The van der Waals surface area contributed by atoms with E-state index in [9.17, 15) is 9.59 Å². The molecule has 62 valence electrons. The van der Waals surface area contributed by atoms with Crippen LogP contribution in [0.25, 0.3) is 0 Å². The highest BCUT2D eigenvalue weighted by Crippen LogP contribution is 2.13. The van der Waals surface area contributed by atoms with E-state index >= 15 is 0 Å². The van der Waals surface area contributed by atoms with Crippen molar-refractivity contribution in [1.82, 2.24) is 4.31 Å². The first-order chi connectivity index (χ1) is 5.25. The van der Waals surface area contributed by atoms with Crippen LogP contribution in [0.5, 0.6) is 0 Å². The molecule has 0 aromatic heterocycles. The molecular weight excluding hydrogens is 166 g/mol. The Morgan fingerprint density at radius 1 is 1.45 bits per heavy atom. The van der Waals surface area contributed by atoms with Gasteiger partial charge in [0, 0.05) is 5.75 Å². The predicted octanol–water partition coefficient (Wildman–Crippen LogP) is 0.0399. The third-order valence-electron chi connectivity index (χ3n) is 1.16. The van der Waals surface area contributed by atoms with Crippen molar-refractivity contribution in [1.29, 1.82) is 0 Å². The summed E-state index contributed by atoms with van der Waals surface area (Å²) in [5, 5.41) is 0. The lowest BCUT2D eigenvalue weighted by molar-refractivity contribution is -0.150.